The topological polar surface area (TPSA) is 52.0 Å². The zero-order chi connectivity index (χ0) is 19.5. The highest BCUT2D eigenvalue weighted by Gasteiger charge is 2.18. The van der Waals surface area contributed by atoms with E-state index in [1.165, 1.54) is 0 Å². The molecule has 2 aromatic carbocycles. The number of hydrogen-bond acceptors (Lipinski definition) is 4. The minimum Gasteiger partial charge on any atom is -0.383 e. The van der Waals surface area contributed by atoms with Gasteiger partial charge in [0.25, 0.3) is 0 Å². The number of ether oxygens (including phenoxy) is 1. The highest BCUT2D eigenvalue weighted by molar-refractivity contribution is 6.30. The van der Waals surface area contributed by atoms with Crippen LogP contribution in [0.5, 0.6) is 0 Å². The lowest BCUT2D eigenvalue weighted by Gasteiger charge is -2.14. The molecule has 0 amide bonds. The molecule has 4 rings (SSSR count). The van der Waals surface area contributed by atoms with E-state index >= 15 is 0 Å². The van der Waals surface area contributed by atoms with E-state index in [9.17, 15) is 0 Å². The minimum absolute atomic E-state index is 0.116. The van der Waals surface area contributed by atoms with E-state index in [1.807, 2.05) is 42.5 Å². The van der Waals surface area contributed by atoms with Crippen LogP contribution in [0.3, 0.4) is 0 Å². The quantitative estimate of drug-likeness (QED) is 0.490. The van der Waals surface area contributed by atoms with Crippen LogP contribution < -0.4 is 5.32 Å². The zero-order valence-electron chi connectivity index (χ0n) is 15.8. The van der Waals surface area contributed by atoms with E-state index in [4.69, 9.17) is 16.3 Å². The molecule has 0 fully saturated rings. The average molecular weight is 393 g/mol. The third kappa shape index (κ3) is 3.59. The molecule has 4 aromatic rings. The first-order valence-corrected chi connectivity index (χ1v) is 9.48. The van der Waals surface area contributed by atoms with Crippen LogP contribution in [0, 0.1) is 0 Å². The molecule has 0 spiro atoms. The van der Waals surface area contributed by atoms with Gasteiger partial charge in [0.1, 0.15) is 12.1 Å². The Hall–Kier alpha value is -2.89. The molecule has 1 unspecified atom stereocenters. The van der Waals surface area contributed by atoms with Gasteiger partial charge in [0, 0.05) is 35.6 Å². The van der Waals surface area contributed by atoms with Crippen molar-refractivity contribution in [3.05, 3.63) is 72.1 Å². The molecule has 0 aliphatic heterocycles. The number of methoxy groups -OCH3 is 1. The van der Waals surface area contributed by atoms with Crippen molar-refractivity contribution in [2.75, 3.05) is 19.0 Å². The van der Waals surface area contributed by atoms with Crippen molar-refractivity contribution in [2.24, 2.45) is 0 Å². The molecule has 0 saturated heterocycles. The Bertz CT molecular complexity index is 1080. The molecule has 2 aromatic heterocycles. The van der Waals surface area contributed by atoms with Gasteiger partial charge in [-0.1, -0.05) is 41.9 Å². The van der Waals surface area contributed by atoms with E-state index in [0.29, 0.717) is 11.6 Å². The van der Waals surface area contributed by atoms with Gasteiger partial charge in [0.15, 0.2) is 5.65 Å². The maximum atomic E-state index is 6.07. The molecule has 142 valence electrons. The third-order valence-electron chi connectivity index (χ3n) is 4.57. The van der Waals surface area contributed by atoms with E-state index in [0.717, 1.165) is 33.7 Å². The molecule has 6 heteroatoms. The van der Waals surface area contributed by atoms with Crippen LogP contribution in [0.15, 0.2) is 67.1 Å². The lowest BCUT2D eigenvalue weighted by atomic mass is 10.1. The van der Waals surface area contributed by atoms with Crippen molar-refractivity contribution >= 4 is 28.5 Å². The molecule has 2 heterocycles. The largest absolute Gasteiger partial charge is 0.383 e. The number of nitrogens with zero attached hydrogens (tertiary/aromatic N) is 3. The van der Waals surface area contributed by atoms with Crippen molar-refractivity contribution in [3.63, 3.8) is 0 Å². The standard InChI is InChI=1S/C22H21ClN4O/c1-15(13-28-2)26-21-20-19(16-6-4-3-5-7-16)12-27(22(20)25-14-24-21)18-10-8-17(23)9-11-18/h3-12,14-15H,13H2,1-2H3,(H,24,25,26). The van der Waals surface area contributed by atoms with Crippen molar-refractivity contribution in [1.82, 2.24) is 14.5 Å². The second-order valence-corrected chi connectivity index (χ2v) is 7.11. The zero-order valence-corrected chi connectivity index (χ0v) is 16.5. The lowest BCUT2D eigenvalue weighted by molar-refractivity contribution is 0.190. The average Bonchev–Trinajstić information content (AvgIpc) is 3.10. The van der Waals surface area contributed by atoms with Gasteiger partial charge in [0.2, 0.25) is 0 Å². The number of benzene rings is 2. The second kappa shape index (κ2) is 8.00. The van der Waals surface area contributed by atoms with E-state index in [2.05, 4.69) is 45.1 Å². The van der Waals surface area contributed by atoms with Gasteiger partial charge < -0.3 is 14.6 Å². The number of fused-ring (bicyclic) bond motifs is 1. The third-order valence-corrected chi connectivity index (χ3v) is 4.82. The first-order valence-electron chi connectivity index (χ1n) is 9.10. The number of rotatable bonds is 6. The first kappa shape index (κ1) is 18.5. The fraction of sp³-hybridized carbons (Fsp3) is 0.182. The number of nitrogens with one attached hydrogen (secondary N) is 1. The van der Waals surface area contributed by atoms with Gasteiger partial charge in [-0.25, -0.2) is 9.97 Å². The van der Waals surface area contributed by atoms with Crippen molar-refractivity contribution < 1.29 is 4.74 Å². The summed E-state index contributed by atoms with van der Waals surface area (Å²) in [6, 6.07) is 18.1. The summed E-state index contributed by atoms with van der Waals surface area (Å²) < 4.78 is 7.34. The fourth-order valence-corrected chi connectivity index (χ4v) is 3.46. The molecule has 28 heavy (non-hydrogen) atoms. The smallest absolute Gasteiger partial charge is 0.150 e. The van der Waals surface area contributed by atoms with Gasteiger partial charge in [-0.2, -0.15) is 0 Å². The van der Waals surface area contributed by atoms with Crippen LogP contribution in [0.4, 0.5) is 5.82 Å². The summed E-state index contributed by atoms with van der Waals surface area (Å²) in [5.41, 5.74) is 4.00. The predicted molar refractivity (Wildman–Crippen MR) is 114 cm³/mol. The normalized spacial score (nSPS) is 12.2. The highest BCUT2D eigenvalue weighted by Crippen LogP contribution is 2.35. The molecule has 0 aliphatic rings. The number of halogens is 1. The Morgan fingerprint density at radius 2 is 1.82 bits per heavy atom. The Kier molecular flexibility index (Phi) is 5.28. The number of aromatic nitrogens is 3. The molecule has 0 saturated carbocycles. The lowest BCUT2D eigenvalue weighted by Crippen LogP contribution is -2.21. The van der Waals surface area contributed by atoms with Crippen LogP contribution in [-0.2, 0) is 4.74 Å². The summed E-state index contributed by atoms with van der Waals surface area (Å²) in [5.74, 6) is 0.793. The maximum Gasteiger partial charge on any atom is 0.150 e. The molecular formula is C22H21ClN4O. The molecule has 0 bridgehead atoms. The molecule has 5 nitrogen and oxygen atoms in total. The first-order chi connectivity index (χ1) is 13.7. The van der Waals surface area contributed by atoms with E-state index < -0.39 is 0 Å². The van der Waals surface area contributed by atoms with Crippen molar-refractivity contribution in [2.45, 2.75) is 13.0 Å². The minimum atomic E-state index is 0.116. The summed E-state index contributed by atoms with van der Waals surface area (Å²) in [6.07, 6.45) is 3.69. The molecular weight excluding hydrogens is 372 g/mol. The Balaban J connectivity index is 1.93. The van der Waals surface area contributed by atoms with Crippen molar-refractivity contribution in [1.29, 1.82) is 0 Å². The number of hydrogen-bond donors (Lipinski definition) is 1. The van der Waals surface area contributed by atoms with Crippen LogP contribution in [-0.4, -0.2) is 34.3 Å². The summed E-state index contributed by atoms with van der Waals surface area (Å²) in [6.45, 7) is 2.65. The Morgan fingerprint density at radius 3 is 2.54 bits per heavy atom. The van der Waals surface area contributed by atoms with E-state index in [1.54, 1.807) is 13.4 Å². The Morgan fingerprint density at radius 1 is 1.07 bits per heavy atom. The highest BCUT2D eigenvalue weighted by atomic mass is 35.5. The Labute approximate surface area is 169 Å². The fourth-order valence-electron chi connectivity index (χ4n) is 3.33. The van der Waals surface area contributed by atoms with Crippen molar-refractivity contribution in [3.8, 4) is 16.8 Å². The monoisotopic (exact) mass is 392 g/mol. The molecule has 1 atom stereocenters. The molecule has 0 radical (unpaired) electrons. The summed E-state index contributed by atoms with van der Waals surface area (Å²) in [4.78, 5) is 9.11. The van der Waals surface area contributed by atoms with Gasteiger partial charge in [-0.3, -0.25) is 0 Å². The van der Waals surface area contributed by atoms with Crippen LogP contribution >= 0.6 is 11.6 Å². The predicted octanol–water partition coefficient (Wildman–Crippen LogP) is 5.19. The molecule has 1 N–H and O–H groups in total. The second-order valence-electron chi connectivity index (χ2n) is 6.68. The van der Waals surface area contributed by atoms with E-state index in [-0.39, 0.29) is 6.04 Å². The van der Waals surface area contributed by atoms with Gasteiger partial charge in [0.05, 0.1) is 12.0 Å². The summed E-state index contributed by atoms with van der Waals surface area (Å²) >= 11 is 6.07. The van der Waals surface area contributed by atoms with Crippen LogP contribution in [0.2, 0.25) is 5.02 Å². The number of anilines is 1. The van der Waals surface area contributed by atoms with Gasteiger partial charge in [-0.05, 0) is 36.8 Å². The summed E-state index contributed by atoms with van der Waals surface area (Å²) in [5, 5.41) is 5.14. The van der Waals surface area contributed by atoms with Crippen LogP contribution in [0.1, 0.15) is 6.92 Å². The maximum absolute atomic E-state index is 6.07. The molecule has 0 aliphatic carbocycles. The SMILES string of the molecule is COCC(C)Nc1ncnc2c1c(-c1ccccc1)cn2-c1ccc(Cl)cc1. The van der Waals surface area contributed by atoms with Crippen LogP contribution in [0.25, 0.3) is 27.8 Å². The van der Waals surface area contributed by atoms with Gasteiger partial charge in [-0.15, -0.1) is 0 Å². The van der Waals surface area contributed by atoms with Gasteiger partial charge >= 0.3 is 0 Å². The summed E-state index contributed by atoms with van der Waals surface area (Å²) in [7, 11) is 1.69.